The van der Waals surface area contributed by atoms with Gasteiger partial charge in [-0.05, 0) is 62.1 Å². The molecule has 2 aromatic carbocycles. The van der Waals surface area contributed by atoms with Crippen LogP contribution in [-0.2, 0) is 14.4 Å². The number of amides is 3. The zero-order chi connectivity index (χ0) is 21.3. The van der Waals surface area contributed by atoms with Gasteiger partial charge >= 0.3 is 0 Å². The molecule has 0 unspecified atom stereocenters. The van der Waals surface area contributed by atoms with E-state index in [0.29, 0.717) is 25.9 Å². The molecule has 1 atom stereocenters. The quantitative estimate of drug-likeness (QED) is 0.740. The Labute approximate surface area is 180 Å². The van der Waals surface area contributed by atoms with Gasteiger partial charge in [0.05, 0.1) is 5.69 Å². The molecule has 0 aromatic heterocycles. The molecule has 2 aliphatic rings. The van der Waals surface area contributed by atoms with E-state index in [0.717, 1.165) is 27.4 Å². The normalized spacial score (nSPS) is 19.1. The van der Waals surface area contributed by atoms with Crippen LogP contribution in [0, 0.1) is 19.8 Å². The lowest BCUT2D eigenvalue weighted by molar-refractivity contribution is -0.136. The van der Waals surface area contributed by atoms with E-state index in [2.05, 4.69) is 16.7 Å². The molecule has 0 spiro atoms. The number of para-hydroxylation sites is 1. The lowest BCUT2D eigenvalue weighted by Gasteiger charge is -2.34. The molecule has 0 aliphatic carbocycles. The number of carbonyl (C=O) groups excluding carboxylic acids is 3. The number of benzene rings is 2. The highest BCUT2D eigenvalue weighted by atomic mass is 32.2. The molecule has 4 rings (SSSR count). The van der Waals surface area contributed by atoms with E-state index >= 15 is 0 Å². The first-order chi connectivity index (χ1) is 14.4. The second-order valence-corrected chi connectivity index (χ2v) is 9.10. The van der Waals surface area contributed by atoms with Gasteiger partial charge in [-0.2, -0.15) is 0 Å². The summed E-state index contributed by atoms with van der Waals surface area (Å²) in [7, 11) is 0. The number of fused-ring (bicyclic) bond motifs is 1. The Balaban J connectivity index is 1.34. The molecule has 0 saturated carbocycles. The molecule has 30 heavy (non-hydrogen) atoms. The molecule has 2 aromatic rings. The number of likely N-dealkylation sites (tertiary alicyclic amines) is 1. The standard InChI is InChI=1S/C23H25N3O3S/c1-14-11-15(2)13-17(12-14)24-21(27)16-7-9-26(10-8-16)23(29)20-22(28)25-18-5-3-4-6-19(18)30-20/h3-6,11-13,16,20H,7-10H2,1-2H3,(H,24,27)(H,25,28)/t20-/m0/s1. The van der Waals surface area contributed by atoms with E-state index in [1.807, 2.05) is 50.2 Å². The topological polar surface area (TPSA) is 78.5 Å². The molecule has 1 fully saturated rings. The van der Waals surface area contributed by atoms with Crippen LogP contribution in [0.4, 0.5) is 11.4 Å². The number of nitrogens with one attached hydrogen (secondary N) is 2. The Kier molecular flexibility index (Phi) is 5.81. The summed E-state index contributed by atoms with van der Waals surface area (Å²) in [5.74, 6) is -0.604. The Morgan fingerprint density at radius 2 is 1.73 bits per heavy atom. The van der Waals surface area contributed by atoms with Crippen molar-refractivity contribution in [2.75, 3.05) is 23.7 Å². The summed E-state index contributed by atoms with van der Waals surface area (Å²) < 4.78 is 0. The highest BCUT2D eigenvalue weighted by molar-refractivity contribution is 8.01. The molecular formula is C23H25N3O3S. The van der Waals surface area contributed by atoms with Crippen LogP contribution in [0.2, 0.25) is 0 Å². The van der Waals surface area contributed by atoms with Crippen LogP contribution >= 0.6 is 11.8 Å². The summed E-state index contributed by atoms with van der Waals surface area (Å²) in [6, 6.07) is 13.5. The van der Waals surface area contributed by atoms with Crippen LogP contribution in [0.5, 0.6) is 0 Å². The van der Waals surface area contributed by atoms with Crippen LogP contribution < -0.4 is 10.6 Å². The van der Waals surface area contributed by atoms with E-state index in [1.54, 1.807) is 4.90 Å². The third-order valence-electron chi connectivity index (χ3n) is 5.52. The molecule has 2 N–H and O–H groups in total. The maximum Gasteiger partial charge on any atom is 0.247 e. The molecule has 1 saturated heterocycles. The molecule has 2 heterocycles. The van der Waals surface area contributed by atoms with Crippen molar-refractivity contribution in [1.82, 2.24) is 4.90 Å². The predicted octanol–water partition coefficient (Wildman–Crippen LogP) is 3.59. The summed E-state index contributed by atoms with van der Waals surface area (Å²) >= 11 is 1.30. The molecule has 156 valence electrons. The van der Waals surface area contributed by atoms with Crippen LogP contribution in [0.15, 0.2) is 47.4 Å². The molecule has 0 radical (unpaired) electrons. The number of nitrogens with zero attached hydrogens (tertiary/aromatic N) is 1. The van der Waals surface area contributed by atoms with Crippen molar-refractivity contribution in [2.24, 2.45) is 5.92 Å². The Morgan fingerprint density at radius 3 is 2.43 bits per heavy atom. The van der Waals surface area contributed by atoms with Gasteiger partial charge in [-0.15, -0.1) is 11.8 Å². The highest BCUT2D eigenvalue weighted by Crippen LogP contribution is 2.36. The van der Waals surface area contributed by atoms with Gasteiger partial charge in [-0.3, -0.25) is 14.4 Å². The molecule has 2 aliphatic heterocycles. The first-order valence-electron chi connectivity index (χ1n) is 10.2. The van der Waals surface area contributed by atoms with Crippen LogP contribution in [0.25, 0.3) is 0 Å². The van der Waals surface area contributed by atoms with Gasteiger partial charge in [0.1, 0.15) is 0 Å². The number of anilines is 2. The largest absolute Gasteiger partial charge is 0.341 e. The predicted molar refractivity (Wildman–Crippen MR) is 119 cm³/mol. The van der Waals surface area contributed by atoms with E-state index in [9.17, 15) is 14.4 Å². The van der Waals surface area contributed by atoms with E-state index in [1.165, 1.54) is 11.8 Å². The van der Waals surface area contributed by atoms with Crippen molar-refractivity contribution >= 4 is 40.9 Å². The van der Waals surface area contributed by atoms with E-state index in [-0.39, 0.29) is 23.6 Å². The second-order valence-electron chi connectivity index (χ2n) is 7.95. The third kappa shape index (κ3) is 4.36. The van der Waals surface area contributed by atoms with Gasteiger partial charge in [-0.25, -0.2) is 0 Å². The van der Waals surface area contributed by atoms with Crippen LogP contribution in [0.3, 0.4) is 0 Å². The van der Waals surface area contributed by atoms with Gasteiger partial charge in [0.15, 0.2) is 5.25 Å². The van der Waals surface area contributed by atoms with Gasteiger partial charge in [0, 0.05) is 29.6 Å². The summed E-state index contributed by atoms with van der Waals surface area (Å²) in [6.07, 6.45) is 1.19. The van der Waals surface area contributed by atoms with Gasteiger partial charge in [0.2, 0.25) is 17.7 Å². The fourth-order valence-corrected chi connectivity index (χ4v) is 5.11. The fraction of sp³-hybridized carbons (Fsp3) is 0.348. The van der Waals surface area contributed by atoms with Crippen molar-refractivity contribution < 1.29 is 14.4 Å². The Morgan fingerprint density at radius 1 is 1.07 bits per heavy atom. The van der Waals surface area contributed by atoms with Crippen molar-refractivity contribution in [2.45, 2.75) is 36.8 Å². The first kappa shape index (κ1) is 20.5. The fourth-order valence-electron chi connectivity index (χ4n) is 4.03. The first-order valence-corrected chi connectivity index (χ1v) is 11.0. The van der Waals surface area contributed by atoms with Gasteiger partial charge in [0.25, 0.3) is 0 Å². The maximum atomic E-state index is 13.0. The SMILES string of the molecule is Cc1cc(C)cc(NC(=O)C2CCN(C(=O)[C@H]3Sc4ccccc4NC3=O)CC2)c1. The molecular weight excluding hydrogens is 398 g/mol. The summed E-state index contributed by atoms with van der Waals surface area (Å²) in [4.78, 5) is 40.7. The van der Waals surface area contributed by atoms with Gasteiger partial charge in [-0.1, -0.05) is 18.2 Å². The highest BCUT2D eigenvalue weighted by Gasteiger charge is 2.37. The lowest BCUT2D eigenvalue weighted by atomic mass is 9.95. The van der Waals surface area contributed by atoms with Gasteiger partial charge < -0.3 is 15.5 Å². The van der Waals surface area contributed by atoms with Crippen molar-refractivity contribution in [1.29, 1.82) is 0 Å². The van der Waals surface area contributed by atoms with Crippen LogP contribution in [-0.4, -0.2) is 41.0 Å². The second kappa shape index (κ2) is 8.52. The number of hydrogen-bond donors (Lipinski definition) is 2. The third-order valence-corrected chi connectivity index (χ3v) is 6.78. The number of aryl methyl sites for hydroxylation is 2. The number of thioether (sulfide) groups is 1. The zero-order valence-corrected chi connectivity index (χ0v) is 17.9. The van der Waals surface area contributed by atoms with Crippen molar-refractivity contribution in [3.8, 4) is 0 Å². The molecule has 0 bridgehead atoms. The number of piperidine rings is 1. The summed E-state index contributed by atoms with van der Waals surface area (Å²) in [5, 5.41) is 5.05. The summed E-state index contributed by atoms with van der Waals surface area (Å²) in [5.41, 5.74) is 3.77. The minimum absolute atomic E-state index is 0.00851. The average molecular weight is 424 g/mol. The Hall–Kier alpha value is -2.80. The smallest absolute Gasteiger partial charge is 0.247 e. The zero-order valence-electron chi connectivity index (χ0n) is 17.1. The summed E-state index contributed by atoms with van der Waals surface area (Å²) in [6.45, 7) is 4.97. The van der Waals surface area contributed by atoms with E-state index < -0.39 is 5.25 Å². The number of rotatable bonds is 3. The van der Waals surface area contributed by atoms with Crippen LogP contribution in [0.1, 0.15) is 24.0 Å². The number of hydrogen-bond acceptors (Lipinski definition) is 4. The van der Waals surface area contributed by atoms with Crippen molar-refractivity contribution in [3.63, 3.8) is 0 Å². The molecule has 7 heteroatoms. The number of carbonyl (C=O) groups is 3. The maximum absolute atomic E-state index is 13.0. The minimum Gasteiger partial charge on any atom is -0.341 e. The lowest BCUT2D eigenvalue weighted by Crippen LogP contribution is -2.48. The molecule has 6 nitrogen and oxygen atoms in total. The average Bonchev–Trinajstić information content (AvgIpc) is 2.72. The van der Waals surface area contributed by atoms with E-state index in [4.69, 9.17) is 0 Å². The monoisotopic (exact) mass is 423 g/mol. The molecule has 3 amide bonds. The Bertz CT molecular complexity index is 979. The van der Waals surface area contributed by atoms with Crippen molar-refractivity contribution in [3.05, 3.63) is 53.6 Å². The minimum atomic E-state index is -0.777.